The third kappa shape index (κ3) is 5.15. The van der Waals surface area contributed by atoms with Crippen molar-refractivity contribution in [3.05, 3.63) is 53.5 Å². The molecule has 0 unspecified atom stereocenters. The molecule has 3 heterocycles. The Labute approximate surface area is 177 Å². The van der Waals surface area contributed by atoms with Crippen LogP contribution in [0.1, 0.15) is 35.3 Å². The van der Waals surface area contributed by atoms with Gasteiger partial charge in [-0.3, -0.25) is 9.78 Å². The van der Waals surface area contributed by atoms with Crippen molar-refractivity contribution in [3.8, 4) is 17.7 Å². The maximum Gasteiger partial charge on any atom is 0.259 e. The van der Waals surface area contributed by atoms with Gasteiger partial charge in [0.2, 0.25) is 5.88 Å². The number of aliphatic hydroxyl groups excluding tert-OH is 1. The predicted molar refractivity (Wildman–Crippen MR) is 114 cm³/mol. The average Bonchev–Trinajstić information content (AvgIpc) is 2.74. The number of carbonyl (C=O) groups excluding carboxylic acids is 1. The van der Waals surface area contributed by atoms with Crippen molar-refractivity contribution < 1.29 is 14.6 Å². The van der Waals surface area contributed by atoms with E-state index in [9.17, 15) is 9.90 Å². The largest absolute Gasteiger partial charge is 0.472 e. The SMILES string of the molecule is C[C@@H]1CN([C@@H](C)CO)C(=O)c2cc(C#Cc3cccnc3)cnc2O[C@H]1CN(C)C. The van der Waals surface area contributed by atoms with E-state index < -0.39 is 0 Å². The summed E-state index contributed by atoms with van der Waals surface area (Å²) in [5, 5.41) is 9.70. The number of rotatable bonds is 4. The van der Waals surface area contributed by atoms with Crippen LogP contribution in [0.2, 0.25) is 0 Å². The molecule has 1 amide bonds. The Morgan fingerprint density at radius 1 is 1.33 bits per heavy atom. The lowest BCUT2D eigenvalue weighted by molar-refractivity contribution is 0.0348. The molecular weight excluding hydrogens is 380 g/mol. The molecule has 0 aromatic carbocycles. The predicted octanol–water partition coefficient (Wildman–Crippen LogP) is 1.66. The minimum Gasteiger partial charge on any atom is -0.472 e. The minimum absolute atomic E-state index is 0.0744. The molecule has 2 aromatic rings. The lowest BCUT2D eigenvalue weighted by Crippen LogP contribution is -2.49. The second kappa shape index (κ2) is 9.70. The third-order valence-electron chi connectivity index (χ3n) is 5.08. The van der Waals surface area contributed by atoms with Crippen LogP contribution < -0.4 is 4.74 Å². The smallest absolute Gasteiger partial charge is 0.259 e. The Balaban J connectivity index is 2.00. The molecule has 0 fully saturated rings. The highest BCUT2D eigenvalue weighted by Gasteiger charge is 2.33. The summed E-state index contributed by atoms with van der Waals surface area (Å²) in [6, 6.07) is 5.09. The first-order valence-corrected chi connectivity index (χ1v) is 10.0. The van der Waals surface area contributed by atoms with E-state index in [-0.39, 0.29) is 30.6 Å². The lowest BCUT2D eigenvalue weighted by atomic mass is 10.00. The molecule has 7 nitrogen and oxygen atoms in total. The monoisotopic (exact) mass is 408 g/mol. The lowest BCUT2D eigenvalue weighted by Gasteiger charge is -2.37. The second-order valence-corrected chi connectivity index (χ2v) is 7.95. The summed E-state index contributed by atoms with van der Waals surface area (Å²) in [5.41, 5.74) is 1.76. The number of fused-ring (bicyclic) bond motifs is 1. The Morgan fingerprint density at radius 2 is 2.10 bits per heavy atom. The molecule has 0 aliphatic carbocycles. The summed E-state index contributed by atoms with van der Waals surface area (Å²) in [6.07, 6.45) is 4.85. The summed E-state index contributed by atoms with van der Waals surface area (Å²) in [5.74, 6) is 6.25. The number of aromatic nitrogens is 2. The Hall–Kier alpha value is -2.95. The second-order valence-electron chi connectivity index (χ2n) is 7.95. The number of likely N-dealkylation sites (N-methyl/N-ethyl adjacent to an activating group) is 1. The van der Waals surface area contributed by atoms with Crippen molar-refractivity contribution in [3.63, 3.8) is 0 Å². The Kier molecular flexibility index (Phi) is 7.03. The zero-order valence-electron chi connectivity index (χ0n) is 17.9. The van der Waals surface area contributed by atoms with Crippen molar-refractivity contribution >= 4 is 5.91 Å². The number of pyridine rings is 2. The van der Waals surface area contributed by atoms with Crippen LogP contribution in [-0.2, 0) is 0 Å². The summed E-state index contributed by atoms with van der Waals surface area (Å²) >= 11 is 0. The summed E-state index contributed by atoms with van der Waals surface area (Å²) in [6.45, 7) is 4.97. The average molecular weight is 409 g/mol. The topological polar surface area (TPSA) is 78.8 Å². The van der Waals surface area contributed by atoms with Crippen molar-refractivity contribution in [1.29, 1.82) is 0 Å². The fourth-order valence-corrected chi connectivity index (χ4v) is 3.33. The van der Waals surface area contributed by atoms with E-state index in [2.05, 4.69) is 33.6 Å². The van der Waals surface area contributed by atoms with Crippen LogP contribution in [0.3, 0.4) is 0 Å². The van der Waals surface area contributed by atoms with Crippen LogP contribution in [0.5, 0.6) is 5.88 Å². The van der Waals surface area contributed by atoms with Gasteiger partial charge in [-0.1, -0.05) is 18.8 Å². The van der Waals surface area contributed by atoms with E-state index >= 15 is 0 Å². The van der Waals surface area contributed by atoms with E-state index in [1.807, 2.05) is 33.2 Å². The molecule has 3 rings (SSSR count). The Morgan fingerprint density at radius 3 is 2.77 bits per heavy atom. The standard InChI is InChI=1S/C23H28N4O3/c1-16-13-27(17(2)15-28)23(29)20-10-19(8-7-18-6-5-9-24-11-18)12-25-22(20)30-21(16)14-26(3)4/h5-6,9-12,16-17,21,28H,13-15H2,1-4H3/t16-,17+,21+/m1/s1. The summed E-state index contributed by atoms with van der Waals surface area (Å²) in [7, 11) is 3.97. The van der Waals surface area contributed by atoms with Crippen LogP contribution in [-0.4, -0.2) is 76.7 Å². The van der Waals surface area contributed by atoms with Gasteiger partial charge < -0.3 is 19.6 Å². The summed E-state index contributed by atoms with van der Waals surface area (Å²) in [4.78, 5) is 25.6. The van der Waals surface area contributed by atoms with Gasteiger partial charge in [0.05, 0.1) is 12.6 Å². The van der Waals surface area contributed by atoms with E-state index in [1.54, 1.807) is 29.6 Å². The minimum atomic E-state index is -0.309. The maximum absolute atomic E-state index is 13.3. The molecule has 1 N–H and O–H groups in total. The van der Waals surface area contributed by atoms with E-state index in [0.29, 0.717) is 30.1 Å². The highest BCUT2D eigenvalue weighted by molar-refractivity contribution is 5.97. The maximum atomic E-state index is 13.3. The first-order chi connectivity index (χ1) is 14.4. The molecule has 0 radical (unpaired) electrons. The molecule has 3 atom stereocenters. The van der Waals surface area contributed by atoms with Crippen molar-refractivity contribution in [2.45, 2.75) is 26.0 Å². The van der Waals surface area contributed by atoms with Gasteiger partial charge in [-0.25, -0.2) is 4.98 Å². The van der Waals surface area contributed by atoms with Crippen LogP contribution in [0, 0.1) is 17.8 Å². The molecule has 30 heavy (non-hydrogen) atoms. The van der Waals surface area contributed by atoms with Gasteiger partial charge in [0.1, 0.15) is 11.7 Å². The number of ether oxygens (including phenoxy) is 1. The van der Waals surface area contributed by atoms with Gasteiger partial charge in [0, 0.05) is 48.7 Å². The molecule has 0 saturated carbocycles. The molecule has 1 aliphatic rings. The van der Waals surface area contributed by atoms with Gasteiger partial charge in [-0.15, -0.1) is 0 Å². The molecule has 1 aliphatic heterocycles. The number of aliphatic hydroxyl groups is 1. The zero-order chi connectivity index (χ0) is 21.7. The van der Waals surface area contributed by atoms with Gasteiger partial charge in [0.25, 0.3) is 5.91 Å². The van der Waals surface area contributed by atoms with Crippen LogP contribution >= 0.6 is 0 Å². The van der Waals surface area contributed by atoms with Crippen LogP contribution in [0.4, 0.5) is 0 Å². The first-order valence-electron chi connectivity index (χ1n) is 10.0. The number of hydrogen-bond donors (Lipinski definition) is 1. The quantitative estimate of drug-likeness (QED) is 0.776. The zero-order valence-corrected chi connectivity index (χ0v) is 17.9. The summed E-state index contributed by atoms with van der Waals surface area (Å²) < 4.78 is 6.19. The number of amides is 1. The molecule has 0 bridgehead atoms. The highest BCUT2D eigenvalue weighted by Crippen LogP contribution is 2.27. The molecule has 158 valence electrons. The number of carbonyl (C=O) groups is 1. The van der Waals surface area contributed by atoms with Crippen LogP contribution in [0.25, 0.3) is 0 Å². The van der Waals surface area contributed by atoms with Crippen molar-refractivity contribution in [2.24, 2.45) is 5.92 Å². The Bertz CT molecular complexity index is 936. The van der Waals surface area contributed by atoms with E-state index in [0.717, 1.165) is 5.56 Å². The molecule has 0 saturated heterocycles. The molecular formula is C23H28N4O3. The molecule has 7 heteroatoms. The fraction of sp³-hybridized carbons (Fsp3) is 0.435. The van der Waals surface area contributed by atoms with Gasteiger partial charge in [-0.05, 0) is 39.2 Å². The third-order valence-corrected chi connectivity index (χ3v) is 5.08. The molecule has 2 aromatic heterocycles. The van der Waals surface area contributed by atoms with Gasteiger partial charge in [0.15, 0.2) is 0 Å². The number of hydrogen-bond acceptors (Lipinski definition) is 6. The fourth-order valence-electron chi connectivity index (χ4n) is 3.33. The highest BCUT2D eigenvalue weighted by atomic mass is 16.5. The van der Waals surface area contributed by atoms with Crippen LogP contribution in [0.15, 0.2) is 36.8 Å². The van der Waals surface area contributed by atoms with Crippen molar-refractivity contribution in [2.75, 3.05) is 33.8 Å². The van der Waals surface area contributed by atoms with Gasteiger partial charge >= 0.3 is 0 Å². The van der Waals surface area contributed by atoms with E-state index in [4.69, 9.17) is 4.74 Å². The van der Waals surface area contributed by atoms with Crippen molar-refractivity contribution in [1.82, 2.24) is 19.8 Å². The van der Waals surface area contributed by atoms with Gasteiger partial charge in [-0.2, -0.15) is 0 Å². The van der Waals surface area contributed by atoms with E-state index in [1.165, 1.54) is 0 Å². The normalized spacial score (nSPS) is 19.8. The molecule has 0 spiro atoms. The number of nitrogens with zero attached hydrogens (tertiary/aromatic N) is 4. The first kappa shape index (κ1) is 21.8.